The molecular weight excluding hydrogens is 387 g/mol. The van der Waals surface area contributed by atoms with Crippen molar-refractivity contribution in [3.63, 3.8) is 0 Å². The normalized spacial score (nSPS) is 10.9. The van der Waals surface area contributed by atoms with Gasteiger partial charge in [0.25, 0.3) is 0 Å². The van der Waals surface area contributed by atoms with E-state index >= 15 is 0 Å². The maximum absolute atomic E-state index is 6.15. The van der Waals surface area contributed by atoms with Gasteiger partial charge in [0.15, 0.2) is 5.65 Å². The molecule has 4 rings (SSSR count). The number of hydrogen-bond acceptors (Lipinski definition) is 6. The molecule has 0 unspecified atom stereocenters. The summed E-state index contributed by atoms with van der Waals surface area (Å²) in [4.78, 5) is 0. The van der Waals surface area contributed by atoms with Gasteiger partial charge in [0.1, 0.15) is 17.3 Å². The Morgan fingerprint density at radius 1 is 1.07 bits per heavy atom. The fraction of sp³-hybridized carbons (Fsp3) is 0.111. The van der Waals surface area contributed by atoms with Crippen molar-refractivity contribution in [2.24, 2.45) is 0 Å². The SMILES string of the molecule is Cc1cc(Oc2cc(Cl)ccc2CNc2ccc3nnnn3n2)ccc1Cl. The quantitative estimate of drug-likeness (QED) is 0.529. The van der Waals surface area contributed by atoms with Crippen LogP contribution in [0.4, 0.5) is 5.82 Å². The van der Waals surface area contributed by atoms with E-state index in [9.17, 15) is 0 Å². The van der Waals surface area contributed by atoms with E-state index in [-0.39, 0.29) is 0 Å². The third kappa shape index (κ3) is 3.94. The summed E-state index contributed by atoms with van der Waals surface area (Å²) in [6.45, 7) is 2.41. The Hall–Kier alpha value is -2.90. The third-order valence-electron chi connectivity index (χ3n) is 3.92. The molecule has 0 saturated carbocycles. The van der Waals surface area contributed by atoms with E-state index in [2.05, 4.69) is 25.9 Å². The van der Waals surface area contributed by atoms with E-state index in [0.29, 0.717) is 39.6 Å². The van der Waals surface area contributed by atoms with Gasteiger partial charge in [0.2, 0.25) is 0 Å². The predicted octanol–water partition coefficient (Wildman–Crippen LogP) is 4.54. The van der Waals surface area contributed by atoms with Gasteiger partial charge in [0.05, 0.1) is 0 Å². The number of tetrazole rings is 1. The van der Waals surface area contributed by atoms with Gasteiger partial charge in [0, 0.05) is 22.2 Å². The van der Waals surface area contributed by atoms with Crippen molar-refractivity contribution < 1.29 is 4.74 Å². The number of hydrogen-bond donors (Lipinski definition) is 1. The lowest BCUT2D eigenvalue weighted by molar-refractivity contribution is 0.476. The molecule has 0 bridgehead atoms. The molecule has 0 saturated heterocycles. The van der Waals surface area contributed by atoms with Gasteiger partial charge in [-0.1, -0.05) is 29.3 Å². The first-order valence-corrected chi connectivity index (χ1v) is 8.86. The average Bonchev–Trinajstić information content (AvgIpc) is 3.12. The molecule has 0 fully saturated rings. The smallest absolute Gasteiger partial charge is 0.200 e. The van der Waals surface area contributed by atoms with Crippen LogP contribution in [0.3, 0.4) is 0 Å². The van der Waals surface area contributed by atoms with E-state index in [1.54, 1.807) is 18.2 Å². The summed E-state index contributed by atoms with van der Waals surface area (Å²) in [5.41, 5.74) is 2.44. The van der Waals surface area contributed by atoms with Crippen molar-refractivity contribution in [3.05, 3.63) is 69.7 Å². The Balaban J connectivity index is 1.55. The van der Waals surface area contributed by atoms with Crippen LogP contribution in [0.1, 0.15) is 11.1 Å². The molecule has 9 heteroatoms. The first kappa shape index (κ1) is 17.5. The summed E-state index contributed by atoms with van der Waals surface area (Å²) in [6.07, 6.45) is 0. The van der Waals surface area contributed by atoms with Crippen molar-refractivity contribution in [1.82, 2.24) is 25.3 Å². The molecule has 0 aliphatic rings. The van der Waals surface area contributed by atoms with Gasteiger partial charge in [-0.25, -0.2) is 0 Å². The highest BCUT2D eigenvalue weighted by Gasteiger charge is 2.09. The minimum absolute atomic E-state index is 0.486. The van der Waals surface area contributed by atoms with Gasteiger partial charge >= 0.3 is 0 Å². The van der Waals surface area contributed by atoms with E-state index in [0.717, 1.165) is 11.1 Å². The molecule has 0 spiro atoms. The highest BCUT2D eigenvalue weighted by molar-refractivity contribution is 6.31. The fourth-order valence-electron chi connectivity index (χ4n) is 2.51. The third-order valence-corrected chi connectivity index (χ3v) is 4.58. The molecule has 0 aliphatic heterocycles. The standard InChI is InChI=1S/C18H14Cl2N6O/c1-11-8-14(4-5-15(11)20)27-16-9-13(19)3-2-12(16)10-21-17-6-7-18-22-24-25-26(18)23-17/h2-9H,10H2,1H3,(H,21,23). The lowest BCUT2D eigenvalue weighted by atomic mass is 10.2. The Morgan fingerprint density at radius 2 is 1.96 bits per heavy atom. The first-order valence-electron chi connectivity index (χ1n) is 8.10. The molecule has 0 amide bonds. The number of fused-ring (bicyclic) bond motifs is 1. The summed E-state index contributed by atoms with van der Waals surface area (Å²) in [6, 6.07) is 14.6. The highest BCUT2D eigenvalue weighted by atomic mass is 35.5. The van der Waals surface area contributed by atoms with Crippen LogP contribution in [0.15, 0.2) is 48.5 Å². The van der Waals surface area contributed by atoms with Crippen LogP contribution in [-0.4, -0.2) is 25.3 Å². The van der Waals surface area contributed by atoms with Crippen molar-refractivity contribution in [2.75, 3.05) is 5.32 Å². The molecule has 2 aromatic heterocycles. The second kappa shape index (κ2) is 7.38. The van der Waals surface area contributed by atoms with Crippen LogP contribution < -0.4 is 10.1 Å². The minimum atomic E-state index is 0.486. The van der Waals surface area contributed by atoms with Crippen molar-refractivity contribution in [3.8, 4) is 11.5 Å². The van der Waals surface area contributed by atoms with Crippen molar-refractivity contribution in [2.45, 2.75) is 13.5 Å². The summed E-state index contributed by atoms with van der Waals surface area (Å²) in [5.74, 6) is 1.98. The highest BCUT2D eigenvalue weighted by Crippen LogP contribution is 2.31. The number of rotatable bonds is 5. The lowest BCUT2D eigenvalue weighted by Crippen LogP contribution is -2.05. The van der Waals surface area contributed by atoms with Crippen LogP contribution in [0.25, 0.3) is 5.65 Å². The Labute approximate surface area is 164 Å². The van der Waals surface area contributed by atoms with Gasteiger partial charge < -0.3 is 10.1 Å². The zero-order valence-electron chi connectivity index (χ0n) is 14.2. The summed E-state index contributed by atoms with van der Waals surface area (Å²) < 4.78 is 7.39. The number of nitrogens with one attached hydrogen (secondary N) is 1. The van der Waals surface area contributed by atoms with Crippen LogP contribution in [0.2, 0.25) is 10.0 Å². The zero-order chi connectivity index (χ0) is 18.8. The molecule has 0 atom stereocenters. The number of benzene rings is 2. The minimum Gasteiger partial charge on any atom is -0.457 e. The Morgan fingerprint density at radius 3 is 2.81 bits per heavy atom. The molecule has 2 heterocycles. The van der Waals surface area contributed by atoms with Gasteiger partial charge in [-0.05, 0) is 65.4 Å². The number of aromatic nitrogens is 5. The van der Waals surface area contributed by atoms with Gasteiger partial charge in [-0.15, -0.1) is 14.8 Å². The molecule has 4 aromatic rings. The van der Waals surface area contributed by atoms with Crippen molar-refractivity contribution in [1.29, 1.82) is 0 Å². The van der Waals surface area contributed by atoms with Crippen molar-refractivity contribution >= 4 is 34.7 Å². The first-order chi connectivity index (χ1) is 13.1. The maximum atomic E-state index is 6.15. The summed E-state index contributed by atoms with van der Waals surface area (Å²) in [7, 11) is 0. The van der Waals surface area contributed by atoms with E-state index in [1.807, 2.05) is 37.3 Å². The second-order valence-electron chi connectivity index (χ2n) is 5.86. The van der Waals surface area contributed by atoms with E-state index in [4.69, 9.17) is 27.9 Å². The lowest BCUT2D eigenvalue weighted by Gasteiger charge is -2.13. The van der Waals surface area contributed by atoms with E-state index < -0.39 is 0 Å². The number of anilines is 1. The molecule has 0 aliphatic carbocycles. The van der Waals surface area contributed by atoms with Gasteiger partial charge in [-0.2, -0.15) is 0 Å². The van der Waals surface area contributed by atoms with Gasteiger partial charge in [-0.3, -0.25) is 0 Å². The van der Waals surface area contributed by atoms with Crippen LogP contribution in [0, 0.1) is 6.92 Å². The Bertz CT molecular complexity index is 1110. The predicted molar refractivity (Wildman–Crippen MR) is 104 cm³/mol. The molecule has 2 aromatic carbocycles. The maximum Gasteiger partial charge on any atom is 0.200 e. The molecule has 1 N–H and O–H groups in total. The molecule has 7 nitrogen and oxygen atoms in total. The molecule has 27 heavy (non-hydrogen) atoms. The Kier molecular flexibility index (Phi) is 4.79. The molecule has 0 radical (unpaired) electrons. The summed E-state index contributed by atoms with van der Waals surface area (Å²) in [5, 5.41) is 20.0. The van der Waals surface area contributed by atoms with Crippen LogP contribution >= 0.6 is 23.2 Å². The number of aryl methyl sites for hydroxylation is 1. The monoisotopic (exact) mass is 400 g/mol. The number of ether oxygens (including phenoxy) is 1. The summed E-state index contributed by atoms with van der Waals surface area (Å²) >= 11 is 12.2. The van der Waals surface area contributed by atoms with Crippen LogP contribution in [0.5, 0.6) is 11.5 Å². The second-order valence-corrected chi connectivity index (χ2v) is 6.71. The topological polar surface area (TPSA) is 77.2 Å². The number of halogens is 2. The largest absolute Gasteiger partial charge is 0.457 e. The average molecular weight is 401 g/mol. The fourth-order valence-corrected chi connectivity index (χ4v) is 2.79. The zero-order valence-corrected chi connectivity index (χ0v) is 15.7. The van der Waals surface area contributed by atoms with E-state index in [1.165, 1.54) is 4.63 Å². The molecular formula is C18H14Cl2N6O. The molecule has 136 valence electrons. The number of nitrogens with zero attached hydrogens (tertiary/aromatic N) is 5. The van der Waals surface area contributed by atoms with Crippen LogP contribution in [-0.2, 0) is 6.54 Å².